The Morgan fingerprint density at radius 3 is 3.09 bits per heavy atom. The molecule has 4 nitrogen and oxygen atoms in total. The summed E-state index contributed by atoms with van der Waals surface area (Å²) in [5.41, 5.74) is 4.47. The molecule has 1 saturated heterocycles. The minimum absolute atomic E-state index is 0.0385. The molecular weight excluding hydrogens is 288 g/mol. The molecule has 2 N–H and O–H groups in total. The van der Waals surface area contributed by atoms with Crippen LogP contribution in [0.2, 0.25) is 0 Å². The van der Waals surface area contributed by atoms with Crippen molar-refractivity contribution in [3.05, 3.63) is 28.8 Å². The second-order valence-electron chi connectivity index (χ2n) is 7.98. The van der Waals surface area contributed by atoms with Crippen LogP contribution < -0.4 is 10.1 Å². The highest BCUT2D eigenvalue weighted by atomic mass is 16.5. The van der Waals surface area contributed by atoms with Crippen molar-refractivity contribution in [1.82, 2.24) is 10.2 Å². The average molecular weight is 314 g/mol. The molecule has 1 saturated carbocycles. The molecule has 2 bridgehead atoms. The van der Waals surface area contributed by atoms with Crippen molar-refractivity contribution in [1.29, 1.82) is 0 Å². The second-order valence-corrected chi connectivity index (χ2v) is 7.98. The zero-order valence-corrected chi connectivity index (χ0v) is 14.0. The molecule has 5 atom stereocenters. The Morgan fingerprint density at radius 2 is 2.26 bits per heavy atom. The van der Waals surface area contributed by atoms with Gasteiger partial charge in [0.05, 0.1) is 6.73 Å². The van der Waals surface area contributed by atoms with Crippen molar-refractivity contribution in [2.45, 2.75) is 56.2 Å². The quantitative estimate of drug-likeness (QED) is 0.814. The number of benzene rings is 1. The van der Waals surface area contributed by atoms with E-state index in [0.717, 1.165) is 18.7 Å². The maximum absolute atomic E-state index is 9.43. The van der Waals surface area contributed by atoms with Crippen LogP contribution >= 0.6 is 0 Å². The van der Waals surface area contributed by atoms with Crippen LogP contribution in [0.4, 0.5) is 0 Å². The maximum atomic E-state index is 9.43. The molecule has 4 heteroatoms. The van der Waals surface area contributed by atoms with Gasteiger partial charge < -0.3 is 14.7 Å². The normalized spacial score (nSPS) is 40.7. The Balaban J connectivity index is 1.73. The summed E-state index contributed by atoms with van der Waals surface area (Å²) in [5, 5.41) is 12.7. The standard InChI is InChI=1S/C19H26N2O2/c1-11-3-4-12-9-15-13-5-6-14(20-10-22)18-19(13,7-8-21(15)2)16(12)17(11)23-18/h3-4,13-15,18,20,22H,5-10H2,1-2H3/t13-,14?,15+,18-,19-/m1/s1. The molecule has 0 aromatic heterocycles. The lowest BCUT2D eigenvalue weighted by molar-refractivity contribution is -0.0601. The smallest absolute Gasteiger partial charge is 0.126 e. The molecule has 0 amide bonds. The maximum Gasteiger partial charge on any atom is 0.126 e. The molecule has 1 aromatic rings. The Bertz CT molecular complexity index is 661. The van der Waals surface area contributed by atoms with Crippen LogP contribution in [0.3, 0.4) is 0 Å². The van der Waals surface area contributed by atoms with Gasteiger partial charge >= 0.3 is 0 Å². The molecule has 0 radical (unpaired) electrons. The molecule has 1 unspecified atom stereocenters. The van der Waals surface area contributed by atoms with E-state index in [1.165, 1.54) is 36.0 Å². The van der Waals surface area contributed by atoms with E-state index in [0.29, 0.717) is 12.0 Å². The summed E-state index contributed by atoms with van der Waals surface area (Å²) in [4.78, 5) is 2.58. The van der Waals surface area contributed by atoms with Crippen molar-refractivity contribution in [3.8, 4) is 5.75 Å². The highest BCUT2D eigenvalue weighted by Crippen LogP contribution is 2.62. The van der Waals surface area contributed by atoms with Crippen LogP contribution in [-0.4, -0.2) is 48.5 Å². The van der Waals surface area contributed by atoms with Gasteiger partial charge in [0.1, 0.15) is 11.9 Å². The number of hydrogen-bond acceptors (Lipinski definition) is 4. The fraction of sp³-hybridized carbons (Fsp3) is 0.684. The molecule has 124 valence electrons. The van der Waals surface area contributed by atoms with Crippen molar-refractivity contribution in [3.63, 3.8) is 0 Å². The van der Waals surface area contributed by atoms with E-state index in [-0.39, 0.29) is 24.3 Å². The molecule has 2 fully saturated rings. The minimum atomic E-state index is 0.0385. The summed E-state index contributed by atoms with van der Waals surface area (Å²) in [6.45, 7) is 3.37. The molecule has 2 heterocycles. The van der Waals surface area contributed by atoms with Crippen molar-refractivity contribution >= 4 is 0 Å². The lowest BCUT2D eigenvalue weighted by Gasteiger charge is -2.59. The van der Waals surface area contributed by atoms with Gasteiger partial charge in [0.25, 0.3) is 0 Å². The number of aliphatic hydroxyl groups excluding tert-OH is 1. The first-order valence-corrected chi connectivity index (χ1v) is 9.01. The number of aryl methyl sites for hydroxylation is 1. The first-order chi connectivity index (χ1) is 11.2. The third-order valence-corrected chi connectivity index (χ3v) is 7.17. The van der Waals surface area contributed by atoms with Crippen LogP contribution in [0.5, 0.6) is 5.75 Å². The molecule has 2 aliphatic heterocycles. The molecule has 4 aliphatic rings. The van der Waals surface area contributed by atoms with Crippen molar-refractivity contribution < 1.29 is 9.84 Å². The van der Waals surface area contributed by atoms with Crippen molar-refractivity contribution in [2.24, 2.45) is 5.92 Å². The number of rotatable bonds is 2. The zero-order chi connectivity index (χ0) is 15.8. The van der Waals surface area contributed by atoms with Crippen LogP contribution in [-0.2, 0) is 11.8 Å². The minimum Gasteiger partial charge on any atom is -0.487 e. The number of likely N-dealkylation sites (N-methyl/N-ethyl adjacent to an activating group) is 1. The topological polar surface area (TPSA) is 44.7 Å². The molecule has 2 aliphatic carbocycles. The Hall–Kier alpha value is -1.10. The van der Waals surface area contributed by atoms with Gasteiger partial charge in [-0.3, -0.25) is 5.32 Å². The zero-order valence-electron chi connectivity index (χ0n) is 14.0. The van der Waals surface area contributed by atoms with Gasteiger partial charge in [0, 0.05) is 23.1 Å². The highest BCUT2D eigenvalue weighted by molar-refractivity contribution is 5.58. The predicted molar refractivity (Wildman–Crippen MR) is 88.7 cm³/mol. The average Bonchev–Trinajstić information content (AvgIpc) is 2.90. The third-order valence-electron chi connectivity index (χ3n) is 7.17. The van der Waals surface area contributed by atoms with Gasteiger partial charge in [-0.2, -0.15) is 0 Å². The number of aliphatic hydroxyl groups is 1. The van der Waals surface area contributed by atoms with Gasteiger partial charge in [-0.1, -0.05) is 12.1 Å². The first-order valence-electron chi connectivity index (χ1n) is 9.01. The second kappa shape index (κ2) is 4.71. The number of ether oxygens (including phenoxy) is 1. The molecule has 23 heavy (non-hydrogen) atoms. The highest BCUT2D eigenvalue weighted by Gasteiger charge is 2.64. The number of piperidine rings is 1. The van der Waals surface area contributed by atoms with E-state index in [4.69, 9.17) is 4.74 Å². The molecule has 1 spiro atoms. The number of hydrogen-bond donors (Lipinski definition) is 2. The first kappa shape index (κ1) is 14.3. The van der Waals surface area contributed by atoms with Gasteiger partial charge in [0.2, 0.25) is 0 Å². The lowest BCUT2D eigenvalue weighted by Crippen LogP contribution is -2.68. The fourth-order valence-corrected chi connectivity index (χ4v) is 6.21. The summed E-state index contributed by atoms with van der Waals surface area (Å²) in [7, 11) is 2.29. The Morgan fingerprint density at radius 1 is 1.39 bits per heavy atom. The van der Waals surface area contributed by atoms with Gasteiger partial charge in [-0.15, -0.1) is 0 Å². The third kappa shape index (κ3) is 1.62. The molecule has 1 aromatic carbocycles. The monoisotopic (exact) mass is 314 g/mol. The number of likely N-dealkylation sites (tertiary alicyclic amines) is 1. The van der Waals surface area contributed by atoms with E-state index in [2.05, 4.69) is 36.3 Å². The summed E-state index contributed by atoms with van der Waals surface area (Å²) in [6.07, 6.45) is 4.87. The Labute approximate surface area is 137 Å². The summed E-state index contributed by atoms with van der Waals surface area (Å²) in [5.74, 6) is 1.85. The summed E-state index contributed by atoms with van der Waals surface area (Å²) in [6, 6.07) is 5.48. The summed E-state index contributed by atoms with van der Waals surface area (Å²) >= 11 is 0. The number of nitrogens with zero attached hydrogens (tertiary/aromatic N) is 1. The van der Waals surface area contributed by atoms with Crippen LogP contribution in [0.1, 0.15) is 36.0 Å². The molecule has 5 rings (SSSR count). The SMILES string of the molecule is Cc1ccc2c3c1O[C@@H]1C(NCO)CC[C@@H]4[C@H](C2)N(C)CC[C@@]314. The number of nitrogens with one attached hydrogen (secondary N) is 1. The van der Waals surface area contributed by atoms with E-state index < -0.39 is 0 Å². The van der Waals surface area contributed by atoms with Gasteiger partial charge in [0.15, 0.2) is 0 Å². The lowest BCUT2D eigenvalue weighted by atomic mass is 9.51. The van der Waals surface area contributed by atoms with E-state index in [1.807, 2.05) is 0 Å². The van der Waals surface area contributed by atoms with Crippen LogP contribution in [0, 0.1) is 12.8 Å². The van der Waals surface area contributed by atoms with Crippen molar-refractivity contribution in [2.75, 3.05) is 20.3 Å². The van der Waals surface area contributed by atoms with Crippen LogP contribution in [0.25, 0.3) is 0 Å². The summed E-state index contributed by atoms with van der Waals surface area (Å²) < 4.78 is 6.62. The van der Waals surface area contributed by atoms with Gasteiger partial charge in [-0.05, 0) is 63.2 Å². The van der Waals surface area contributed by atoms with Crippen LogP contribution in [0.15, 0.2) is 12.1 Å². The fourth-order valence-electron chi connectivity index (χ4n) is 6.21. The van der Waals surface area contributed by atoms with Gasteiger partial charge in [-0.25, -0.2) is 0 Å². The van der Waals surface area contributed by atoms with E-state index in [9.17, 15) is 5.11 Å². The largest absolute Gasteiger partial charge is 0.487 e. The van der Waals surface area contributed by atoms with E-state index in [1.54, 1.807) is 0 Å². The van der Waals surface area contributed by atoms with E-state index >= 15 is 0 Å². The predicted octanol–water partition coefficient (Wildman–Crippen LogP) is 1.57. The Kier molecular flexibility index (Phi) is 2.92. The molecular formula is C19H26N2O2.